The van der Waals surface area contributed by atoms with Gasteiger partial charge in [0.1, 0.15) is 5.82 Å². The molecule has 0 fully saturated rings. The molecular weight excluding hydrogens is 336 g/mol. The first-order valence-electron chi connectivity index (χ1n) is 10.1. The number of hydrogen-bond acceptors (Lipinski definition) is 4. The Kier molecular flexibility index (Phi) is 9.08. The number of benzene rings is 1. The number of hydroxylamine groups is 1. The minimum absolute atomic E-state index is 0.521. The van der Waals surface area contributed by atoms with Gasteiger partial charge in [-0.05, 0) is 49.9 Å². The summed E-state index contributed by atoms with van der Waals surface area (Å²) < 4.78 is 2.38. The second-order valence-electron chi connectivity index (χ2n) is 7.12. The van der Waals surface area contributed by atoms with Crippen LogP contribution in [0.4, 0.5) is 0 Å². The Hall–Kier alpha value is -2.11. The lowest BCUT2D eigenvalue weighted by molar-refractivity contribution is 0.214. The molecule has 2 aromatic rings. The molecule has 0 unspecified atom stereocenters. The van der Waals surface area contributed by atoms with Crippen molar-refractivity contribution in [2.75, 3.05) is 6.54 Å². The molecule has 1 aromatic carbocycles. The molecule has 0 aliphatic rings. The number of nitrogens with zero attached hydrogens (tertiary/aromatic N) is 2. The number of allylic oxidation sites excluding steroid dienone is 3. The van der Waals surface area contributed by atoms with Crippen LogP contribution >= 0.6 is 0 Å². The van der Waals surface area contributed by atoms with E-state index in [2.05, 4.69) is 61.0 Å². The highest BCUT2D eigenvalue weighted by atomic mass is 16.5. The maximum atomic E-state index is 8.65. The lowest BCUT2D eigenvalue weighted by atomic mass is 10.1. The maximum absolute atomic E-state index is 8.65. The zero-order valence-electron chi connectivity index (χ0n) is 16.9. The van der Waals surface area contributed by atoms with Crippen molar-refractivity contribution in [2.45, 2.75) is 65.5 Å². The first-order chi connectivity index (χ1) is 13.2. The summed E-state index contributed by atoms with van der Waals surface area (Å²) in [6.07, 6.45) is 12.8. The monoisotopic (exact) mass is 370 g/mol. The molecule has 0 aliphatic carbocycles. The first-order valence-corrected chi connectivity index (χ1v) is 10.1. The third-order valence-corrected chi connectivity index (χ3v) is 4.49. The SMILES string of the molecule is CCC=CCCc1nc2cc(C/C=C/NO)ccc2n1CCCNC(C)C. The van der Waals surface area contributed by atoms with E-state index in [1.54, 1.807) is 0 Å². The highest BCUT2D eigenvalue weighted by Gasteiger charge is 2.10. The molecule has 5 nitrogen and oxygen atoms in total. The highest BCUT2D eigenvalue weighted by Crippen LogP contribution is 2.20. The second kappa shape index (κ2) is 11.6. The van der Waals surface area contributed by atoms with Gasteiger partial charge >= 0.3 is 0 Å². The smallest absolute Gasteiger partial charge is 0.110 e. The average Bonchev–Trinajstić information content (AvgIpc) is 2.99. The number of aryl methyl sites for hydroxylation is 2. The molecule has 0 bridgehead atoms. The maximum Gasteiger partial charge on any atom is 0.110 e. The van der Waals surface area contributed by atoms with E-state index in [0.29, 0.717) is 6.04 Å². The topological polar surface area (TPSA) is 62.1 Å². The van der Waals surface area contributed by atoms with Crippen LogP contribution < -0.4 is 10.8 Å². The fourth-order valence-electron chi connectivity index (χ4n) is 3.17. The minimum Gasteiger partial charge on any atom is -0.328 e. The van der Waals surface area contributed by atoms with Crippen LogP contribution in [0.3, 0.4) is 0 Å². The summed E-state index contributed by atoms with van der Waals surface area (Å²) in [5, 5.41) is 12.1. The molecule has 2 rings (SSSR count). The Morgan fingerprint density at radius 1 is 1.22 bits per heavy atom. The summed E-state index contributed by atoms with van der Waals surface area (Å²) in [4.78, 5) is 4.93. The van der Waals surface area contributed by atoms with Crippen molar-refractivity contribution in [1.82, 2.24) is 20.3 Å². The van der Waals surface area contributed by atoms with Gasteiger partial charge in [0.25, 0.3) is 0 Å². The van der Waals surface area contributed by atoms with Crippen LogP contribution in [0, 0.1) is 0 Å². The predicted molar refractivity (Wildman–Crippen MR) is 113 cm³/mol. The van der Waals surface area contributed by atoms with E-state index in [1.165, 1.54) is 23.1 Å². The molecule has 148 valence electrons. The van der Waals surface area contributed by atoms with Crippen molar-refractivity contribution in [1.29, 1.82) is 0 Å². The summed E-state index contributed by atoms with van der Waals surface area (Å²) in [5.74, 6) is 1.17. The van der Waals surface area contributed by atoms with Gasteiger partial charge in [-0.3, -0.25) is 10.7 Å². The largest absolute Gasteiger partial charge is 0.328 e. The zero-order chi connectivity index (χ0) is 19.5. The van der Waals surface area contributed by atoms with Crippen LogP contribution in [0.25, 0.3) is 11.0 Å². The Morgan fingerprint density at radius 3 is 2.81 bits per heavy atom. The number of aromatic nitrogens is 2. The van der Waals surface area contributed by atoms with E-state index in [1.807, 2.05) is 11.6 Å². The molecule has 0 saturated heterocycles. The highest BCUT2D eigenvalue weighted by molar-refractivity contribution is 5.77. The lowest BCUT2D eigenvalue weighted by Gasteiger charge is -2.11. The summed E-state index contributed by atoms with van der Waals surface area (Å²) in [5.41, 5.74) is 5.51. The Labute approximate surface area is 163 Å². The third kappa shape index (κ3) is 6.85. The molecule has 3 N–H and O–H groups in total. The Balaban J connectivity index is 2.18. The molecule has 0 radical (unpaired) electrons. The average molecular weight is 371 g/mol. The molecule has 1 heterocycles. The van der Waals surface area contributed by atoms with E-state index in [4.69, 9.17) is 10.2 Å². The minimum atomic E-state index is 0.521. The van der Waals surface area contributed by atoms with Crippen molar-refractivity contribution >= 4 is 11.0 Å². The van der Waals surface area contributed by atoms with Gasteiger partial charge in [-0.2, -0.15) is 0 Å². The van der Waals surface area contributed by atoms with Crippen LogP contribution in [0.2, 0.25) is 0 Å². The van der Waals surface area contributed by atoms with Gasteiger partial charge in [-0.1, -0.05) is 45.1 Å². The second-order valence-corrected chi connectivity index (χ2v) is 7.12. The van der Waals surface area contributed by atoms with Crippen molar-refractivity contribution in [3.8, 4) is 0 Å². The van der Waals surface area contributed by atoms with Crippen molar-refractivity contribution in [2.24, 2.45) is 0 Å². The molecule has 0 spiro atoms. The van der Waals surface area contributed by atoms with Crippen LogP contribution in [-0.4, -0.2) is 27.3 Å². The Morgan fingerprint density at radius 2 is 2.07 bits per heavy atom. The summed E-state index contributed by atoms with van der Waals surface area (Å²) in [6.45, 7) is 8.52. The van der Waals surface area contributed by atoms with Crippen molar-refractivity contribution in [3.05, 3.63) is 54.0 Å². The van der Waals surface area contributed by atoms with Crippen LogP contribution in [0.1, 0.15) is 51.4 Å². The standard InChI is InChI=1S/C22H34N4O/c1-4-5-6-7-11-22-25-20-17-19(10-8-15-24-27)12-13-21(20)26(22)16-9-14-23-18(2)3/h5-6,8,12-13,15,17-18,23-24,27H,4,7,9-11,14,16H2,1-3H3/b6-5?,15-8+. The van der Waals surface area contributed by atoms with Gasteiger partial charge in [0.15, 0.2) is 0 Å². The molecule has 27 heavy (non-hydrogen) atoms. The van der Waals surface area contributed by atoms with Crippen LogP contribution in [-0.2, 0) is 19.4 Å². The van der Waals surface area contributed by atoms with E-state index in [-0.39, 0.29) is 0 Å². The molecular formula is C22H34N4O. The number of imidazole rings is 1. The van der Waals surface area contributed by atoms with Crippen molar-refractivity contribution in [3.63, 3.8) is 0 Å². The molecule has 0 aliphatic heterocycles. The van der Waals surface area contributed by atoms with Gasteiger partial charge < -0.3 is 9.88 Å². The van der Waals surface area contributed by atoms with E-state index in [0.717, 1.165) is 50.7 Å². The molecule has 0 atom stereocenters. The molecule has 0 saturated carbocycles. The third-order valence-electron chi connectivity index (χ3n) is 4.49. The fraction of sp³-hybridized carbons (Fsp3) is 0.500. The lowest BCUT2D eigenvalue weighted by Crippen LogP contribution is -2.24. The quantitative estimate of drug-likeness (QED) is 0.295. The van der Waals surface area contributed by atoms with Crippen LogP contribution in [0.5, 0.6) is 0 Å². The van der Waals surface area contributed by atoms with E-state index < -0.39 is 0 Å². The molecule has 0 amide bonds. The van der Waals surface area contributed by atoms with Gasteiger partial charge in [0.05, 0.1) is 11.0 Å². The van der Waals surface area contributed by atoms with Gasteiger partial charge in [0.2, 0.25) is 0 Å². The number of hydrogen-bond donors (Lipinski definition) is 3. The summed E-state index contributed by atoms with van der Waals surface area (Å²) in [7, 11) is 0. The fourth-order valence-corrected chi connectivity index (χ4v) is 3.17. The number of fused-ring (bicyclic) bond motifs is 1. The van der Waals surface area contributed by atoms with Gasteiger partial charge in [-0.15, -0.1) is 0 Å². The summed E-state index contributed by atoms with van der Waals surface area (Å²) >= 11 is 0. The first kappa shape index (κ1) is 21.2. The summed E-state index contributed by atoms with van der Waals surface area (Å²) in [6, 6.07) is 7.01. The zero-order valence-corrected chi connectivity index (χ0v) is 16.9. The molecule has 1 aromatic heterocycles. The Bertz CT molecular complexity index is 746. The number of rotatable bonds is 12. The van der Waals surface area contributed by atoms with Gasteiger partial charge in [-0.25, -0.2) is 4.98 Å². The van der Waals surface area contributed by atoms with Gasteiger partial charge in [0, 0.05) is 25.2 Å². The normalized spacial score (nSPS) is 12.2. The van der Waals surface area contributed by atoms with E-state index in [9.17, 15) is 0 Å². The van der Waals surface area contributed by atoms with E-state index >= 15 is 0 Å². The van der Waals surface area contributed by atoms with Crippen molar-refractivity contribution < 1.29 is 5.21 Å². The number of nitrogens with one attached hydrogen (secondary N) is 2. The predicted octanol–water partition coefficient (Wildman–Crippen LogP) is 4.36. The molecule has 5 heteroatoms. The van der Waals surface area contributed by atoms with Crippen LogP contribution in [0.15, 0.2) is 42.6 Å².